The molecule has 17 nitrogen and oxygen atoms in total. The molecule has 0 saturated carbocycles. The van der Waals surface area contributed by atoms with Crippen molar-refractivity contribution in [3.63, 3.8) is 0 Å². The molecule has 8 N–H and O–H groups in total. The average molecular weight is 687 g/mol. The first kappa shape index (κ1) is 39.1. The van der Waals surface area contributed by atoms with Gasteiger partial charge in [0.1, 0.15) is 73.2 Å². The largest absolute Gasteiger partial charge is 0.388 e. The van der Waals surface area contributed by atoms with Crippen LogP contribution in [0.15, 0.2) is 0 Å². The van der Waals surface area contributed by atoms with E-state index in [2.05, 4.69) is 0 Å². The van der Waals surface area contributed by atoms with Crippen molar-refractivity contribution in [1.29, 1.82) is 0 Å². The van der Waals surface area contributed by atoms with Crippen LogP contribution in [0.5, 0.6) is 0 Å². The van der Waals surface area contributed by atoms with Gasteiger partial charge in [-0.15, -0.1) is 0 Å². The predicted octanol–water partition coefficient (Wildman–Crippen LogP) is -2.77. The number of ether oxygens (including phenoxy) is 9. The molecular weight excluding hydrogens is 632 g/mol. The number of hydrogen-bond donors (Lipinski definition) is 8. The molecule has 0 aromatic heterocycles. The zero-order valence-electron chi connectivity index (χ0n) is 28.0. The van der Waals surface area contributed by atoms with E-state index in [1.807, 2.05) is 0 Å². The molecule has 0 aromatic carbocycles. The van der Waals surface area contributed by atoms with Crippen LogP contribution in [0, 0.1) is 0 Å². The van der Waals surface area contributed by atoms with Crippen molar-refractivity contribution in [2.24, 2.45) is 0 Å². The molecular formula is C30H54O17. The molecule has 4 heterocycles. The summed E-state index contributed by atoms with van der Waals surface area (Å²) in [5.74, 6) is 0. The molecule has 4 fully saturated rings. The van der Waals surface area contributed by atoms with E-state index in [9.17, 15) is 40.9 Å². The number of aliphatic hydroxyl groups is 8. The third-order valence-corrected chi connectivity index (χ3v) is 8.84. The highest BCUT2D eigenvalue weighted by molar-refractivity contribution is 4.96. The molecule has 276 valence electrons. The predicted molar refractivity (Wildman–Crippen MR) is 156 cm³/mol. The summed E-state index contributed by atoms with van der Waals surface area (Å²) in [6.45, 7) is 13.0. The summed E-state index contributed by atoms with van der Waals surface area (Å²) in [4.78, 5) is 0. The van der Waals surface area contributed by atoms with Gasteiger partial charge in [0.2, 0.25) is 0 Å². The van der Waals surface area contributed by atoms with E-state index in [1.54, 1.807) is 34.6 Å². The lowest BCUT2D eigenvalue weighted by Gasteiger charge is -2.49. The molecule has 0 amide bonds. The highest BCUT2D eigenvalue weighted by Crippen LogP contribution is 2.35. The Bertz CT molecular complexity index is 975. The van der Waals surface area contributed by atoms with Gasteiger partial charge in [-0.25, -0.2) is 0 Å². The summed E-state index contributed by atoms with van der Waals surface area (Å²) >= 11 is 0. The van der Waals surface area contributed by atoms with Crippen molar-refractivity contribution in [1.82, 2.24) is 0 Å². The topological polar surface area (TPSA) is 245 Å². The minimum Gasteiger partial charge on any atom is -0.388 e. The molecule has 0 aromatic rings. The standard InChI is InChI=1S/C30H54O17/c1-9(2)39-25-19(35)15(31)12(6)44-30(25)46-24-18(34)14(8)41-27(22(24)38)45-23-17(33)13(7)42-28(21(23)37)47-26-20(36)16(32)11(5)43-29(26)40-10(3)4/h9-38H,1-8H3/t11?,12?,13?,14?,15-,16-,17-,18-,19+,20+,21?,22?,23+,24+,25?,26?,27-,28-,29+,30-/m1/s1. The maximum atomic E-state index is 11.3. The van der Waals surface area contributed by atoms with E-state index in [0.717, 1.165) is 0 Å². The molecule has 0 spiro atoms. The van der Waals surface area contributed by atoms with Gasteiger partial charge in [0, 0.05) is 0 Å². The van der Waals surface area contributed by atoms with Crippen molar-refractivity contribution in [2.75, 3.05) is 0 Å². The molecule has 4 aliphatic heterocycles. The van der Waals surface area contributed by atoms with Crippen molar-refractivity contribution in [3.8, 4) is 0 Å². The fourth-order valence-electron chi connectivity index (χ4n) is 6.10. The van der Waals surface area contributed by atoms with Crippen LogP contribution in [-0.2, 0) is 42.6 Å². The Labute approximate surface area is 274 Å². The maximum Gasteiger partial charge on any atom is 0.187 e. The first-order chi connectivity index (χ1) is 21.9. The zero-order chi connectivity index (χ0) is 35.1. The number of aliphatic hydroxyl groups excluding tert-OH is 8. The van der Waals surface area contributed by atoms with Crippen molar-refractivity contribution in [3.05, 3.63) is 0 Å². The van der Waals surface area contributed by atoms with E-state index in [1.165, 1.54) is 20.8 Å². The molecule has 0 radical (unpaired) electrons. The first-order valence-corrected chi connectivity index (χ1v) is 16.3. The lowest BCUT2D eigenvalue weighted by molar-refractivity contribution is -0.390. The van der Waals surface area contributed by atoms with Crippen LogP contribution < -0.4 is 0 Å². The smallest absolute Gasteiger partial charge is 0.187 e. The second-order valence-electron chi connectivity index (χ2n) is 13.4. The molecule has 4 rings (SSSR count). The van der Waals surface area contributed by atoms with E-state index in [-0.39, 0.29) is 6.10 Å². The van der Waals surface area contributed by atoms with Crippen LogP contribution in [0.1, 0.15) is 55.4 Å². The maximum absolute atomic E-state index is 11.3. The van der Waals surface area contributed by atoms with E-state index >= 15 is 0 Å². The van der Waals surface area contributed by atoms with Crippen molar-refractivity contribution in [2.45, 2.75) is 190 Å². The van der Waals surface area contributed by atoms with Crippen LogP contribution >= 0.6 is 0 Å². The molecule has 8 unspecified atom stereocenters. The SMILES string of the molecule is CC(C)OC1[C@@H](O[C@@H]2C(O)[C@@H](O[C@@H]3C(O)[C@@H](OC4[C@@H](OC(C)C)OC(C)[C@@H](O)[C@@H]4O)OC(C)[C@H]3O)OC(C)[C@H]2O)OC(C)[C@@H](O)[C@@H]1O. The van der Waals surface area contributed by atoms with Crippen LogP contribution in [0.25, 0.3) is 0 Å². The summed E-state index contributed by atoms with van der Waals surface area (Å²) in [6, 6.07) is 0. The second kappa shape index (κ2) is 16.1. The van der Waals surface area contributed by atoms with Gasteiger partial charge in [0.05, 0.1) is 36.6 Å². The molecule has 20 atom stereocenters. The van der Waals surface area contributed by atoms with E-state index in [0.29, 0.717) is 0 Å². The van der Waals surface area contributed by atoms with Gasteiger partial charge in [0.25, 0.3) is 0 Å². The van der Waals surface area contributed by atoms with Crippen molar-refractivity contribution < 1.29 is 83.5 Å². The first-order valence-electron chi connectivity index (χ1n) is 16.3. The number of hydrogen-bond acceptors (Lipinski definition) is 17. The fraction of sp³-hybridized carbons (Fsp3) is 1.00. The minimum atomic E-state index is -1.73. The lowest BCUT2D eigenvalue weighted by Crippen LogP contribution is -2.66. The van der Waals surface area contributed by atoms with Gasteiger partial charge >= 0.3 is 0 Å². The summed E-state index contributed by atoms with van der Waals surface area (Å²) < 4.78 is 52.3. The molecule has 0 bridgehead atoms. The van der Waals surface area contributed by atoms with Gasteiger partial charge in [-0.1, -0.05) is 0 Å². The Hall–Kier alpha value is -0.680. The zero-order valence-corrected chi connectivity index (χ0v) is 28.0. The van der Waals surface area contributed by atoms with E-state index < -0.39 is 129 Å². The number of rotatable bonds is 10. The Morgan fingerprint density at radius 2 is 0.702 bits per heavy atom. The highest BCUT2D eigenvalue weighted by Gasteiger charge is 2.54. The summed E-state index contributed by atoms with van der Waals surface area (Å²) in [7, 11) is 0. The Kier molecular flexibility index (Phi) is 13.4. The summed E-state index contributed by atoms with van der Waals surface area (Å²) in [5, 5.41) is 86.9. The van der Waals surface area contributed by atoms with Gasteiger partial charge < -0.3 is 83.5 Å². The third kappa shape index (κ3) is 8.62. The van der Waals surface area contributed by atoms with Gasteiger partial charge in [-0.3, -0.25) is 0 Å². The van der Waals surface area contributed by atoms with Gasteiger partial charge in [-0.05, 0) is 55.4 Å². The fourth-order valence-corrected chi connectivity index (χ4v) is 6.10. The highest BCUT2D eigenvalue weighted by atomic mass is 16.8. The summed E-state index contributed by atoms with van der Waals surface area (Å²) in [5.41, 5.74) is 0. The van der Waals surface area contributed by atoms with E-state index in [4.69, 9.17) is 42.6 Å². The quantitative estimate of drug-likeness (QED) is 0.116. The Balaban J connectivity index is 1.51. The lowest BCUT2D eigenvalue weighted by atomic mass is 9.96. The van der Waals surface area contributed by atoms with Gasteiger partial charge in [-0.2, -0.15) is 0 Å². The molecule has 47 heavy (non-hydrogen) atoms. The normalized spacial score (nSPS) is 51.4. The van der Waals surface area contributed by atoms with Crippen LogP contribution in [0.2, 0.25) is 0 Å². The Morgan fingerprint density at radius 3 is 1.15 bits per heavy atom. The van der Waals surface area contributed by atoms with Crippen LogP contribution in [0.3, 0.4) is 0 Å². The molecule has 0 aliphatic carbocycles. The monoisotopic (exact) mass is 686 g/mol. The van der Waals surface area contributed by atoms with Gasteiger partial charge in [0.15, 0.2) is 25.2 Å². The molecule has 4 aliphatic rings. The molecule has 4 saturated heterocycles. The van der Waals surface area contributed by atoms with Crippen LogP contribution in [0.4, 0.5) is 0 Å². The Morgan fingerprint density at radius 1 is 0.362 bits per heavy atom. The summed E-state index contributed by atoms with van der Waals surface area (Å²) in [6.07, 6.45) is -27.3. The van der Waals surface area contributed by atoms with Crippen LogP contribution in [-0.4, -0.2) is 176 Å². The average Bonchev–Trinajstić information content (AvgIpc) is 2.99. The van der Waals surface area contributed by atoms with Crippen molar-refractivity contribution >= 4 is 0 Å². The molecule has 17 heteroatoms. The third-order valence-electron chi connectivity index (χ3n) is 8.84. The minimum absolute atomic E-state index is 0.352. The second-order valence-corrected chi connectivity index (χ2v) is 13.4.